The zero-order chi connectivity index (χ0) is 39.2. The molecule has 0 radical (unpaired) electrons. The van der Waals surface area contributed by atoms with E-state index in [2.05, 4.69) is 31.6 Å². The lowest BCUT2D eigenvalue weighted by Gasteiger charge is -2.30. The van der Waals surface area contributed by atoms with Crippen LogP contribution in [0, 0.1) is 11.8 Å². The van der Waals surface area contributed by atoms with Gasteiger partial charge in [0.15, 0.2) is 0 Å². The van der Waals surface area contributed by atoms with Crippen LogP contribution >= 0.6 is 0 Å². The van der Waals surface area contributed by atoms with E-state index in [1.165, 1.54) is 11.8 Å². The number of H-pyrrole nitrogens is 1. The Balaban J connectivity index is 1.26. The summed E-state index contributed by atoms with van der Waals surface area (Å²) in [7, 11) is 0. The SMILES string of the molecule is CC(C)C[C@H]1NC(=O)[C@H](Cc2c[nH]c3ccccc23)NC(=O)[C@@H](C)NC(=O)[C@@H](NC(=O)C2Cc3ccccc3C2)CCCCNC(=O)[C@@H]2C[C@@H](O)CN2C1=O. The molecular formula is C41H53N7O7. The van der Waals surface area contributed by atoms with Gasteiger partial charge >= 0.3 is 0 Å². The number of aromatic amines is 1. The number of hydrogen-bond donors (Lipinski definition) is 7. The molecule has 294 valence electrons. The molecule has 1 aliphatic carbocycles. The predicted octanol–water partition coefficient (Wildman–Crippen LogP) is 1.39. The van der Waals surface area contributed by atoms with E-state index in [1.54, 1.807) is 6.20 Å². The van der Waals surface area contributed by atoms with Crippen molar-refractivity contribution in [2.75, 3.05) is 13.1 Å². The standard InChI is InChI=1S/C41H53N7O7/c1-23(2)16-34-41(55)48-22-29(49)20-35(48)40(54)42-15-9-8-14-32(45-37(51)27-17-25-10-4-5-11-26(25)18-27)38(52)44-24(3)36(50)46-33(39(53)47-34)19-28-21-43-31-13-7-6-12-30(28)31/h4-7,10-13,21,23-24,27,29,32-35,43,49H,8-9,14-20,22H2,1-3H3,(H,42,54)(H,44,52)(H,45,51)(H,46,50)(H,47,53)/t24-,29-,32+,33+,34-,35+/m1/s1. The van der Waals surface area contributed by atoms with Gasteiger partial charge in [0.25, 0.3) is 0 Å². The first-order valence-electron chi connectivity index (χ1n) is 19.5. The zero-order valence-electron chi connectivity index (χ0n) is 31.7. The molecule has 3 aliphatic rings. The number of fused-ring (bicyclic) bond motifs is 3. The van der Waals surface area contributed by atoms with Gasteiger partial charge in [-0.1, -0.05) is 56.3 Å². The zero-order valence-corrected chi connectivity index (χ0v) is 31.7. The molecule has 14 nitrogen and oxygen atoms in total. The first-order chi connectivity index (χ1) is 26.4. The molecule has 2 aliphatic heterocycles. The molecule has 0 spiro atoms. The number of carbonyl (C=O) groups excluding carboxylic acids is 6. The van der Waals surface area contributed by atoms with Crippen LogP contribution in [0.2, 0.25) is 0 Å². The van der Waals surface area contributed by atoms with E-state index in [1.807, 2.05) is 62.4 Å². The summed E-state index contributed by atoms with van der Waals surface area (Å²) in [4.78, 5) is 87.4. The van der Waals surface area contributed by atoms with Gasteiger partial charge in [-0.2, -0.15) is 0 Å². The number of benzene rings is 2. The highest BCUT2D eigenvalue weighted by atomic mass is 16.3. The number of nitrogens with zero attached hydrogens (tertiary/aromatic N) is 1. The predicted molar refractivity (Wildman–Crippen MR) is 205 cm³/mol. The van der Waals surface area contributed by atoms with Gasteiger partial charge in [-0.3, -0.25) is 28.8 Å². The molecule has 2 saturated heterocycles. The number of carbonyl (C=O) groups is 6. The lowest BCUT2D eigenvalue weighted by molar-refractivity contribution is -0.142. The van der Waals surface area contributed by atoms with Crippen LogP contribution in [0.25, 0.3) is 10.9 Å². The fourth-order valence-electron chi connectivity index (χ4n) is 7.98. The van der Waals surface area contributed by atoms with Crippen molar-refractivity contribution >= 4 is 46.3 Å². The van der Waals surface area contributed by atoms with Crippen LogP contribution in [0.5, 0.6) is 0 Å². The van der Waals surface area contributed by atoms with Gasteiger partial charge in [-0.05, 0) is 74.1 Å². The molecule has 0 bridgehead atoms. The van der Waals surface area contributed by atoms with Crippen LogP contribution in [0.1, 0.15) is 69.6 Å². The minimum atomic E-state index is -1.15. The molecule has 6 amide bonds. The lowest BCUT2D eigenvalue weighted by atomic mass is 10.00. The Hall–Kier alpha value is -5.24. The first-order valence-corrected chi connectivity index (χ1v) is 19.5. The van der Waals surface area contributed by atoms with Crippen LogP contribution in [-0.2, 0) is 48.0 Å². The minimum Gasteiger partial charge on any atom is -0.391 e. The van der Waals surface area contributed by atoms with Gasteiger partial charge in [0.2, 0.25) is 35.4 Å². The average molecular weight is 756 g/mol. The quantitative estimate of drug-likeness (QED) is 0.197. The van der Waals surface area contributed by atoms with Crippen molar-refractivity contribution in [1.82, 2.24) is 36.5 Å². The van der Waals surface area contributed by atoms with Gasteiger partial charge in [0.05, 0.1) is 6.10 Å². The van der Waals surface area contributed by atoms with Gasteiger partial charge in [-0.15, -0.1) is 0 Å². The third-order valence-electron chi connectivity index (χ3n) is 10.9. The Morgan fingerprint density at radius 3 is 2.29 bits per heavy atom. The normalized spacial score (nSPS) is 26.3. The van der Waals surface area contributed by atoms with Crippen LogP contribution < -0.4 is 26.6 Å². The lowest BCUT2D eigenvalue weighted by Crippen LogP contribution is -2.59. The Labute approximate surface area is 320 Å². The van der Waals surface area contributed by atoms with Gasteiger partial charge in [-0.25, -0.2) is 0 Å². The summed E-state index contributed by atoms with van der Waals surface area (Å²) in [6.07, 6.45) is 3.54. The summed E-state index contributed by atoms with van der Waals surface area (Å²) in [6, 6.07) is 10.3. The number of rotatable bonds is 6. The number of amides is 6. The maximum Gasteiger partial charge on any atom is 0.245 e. The van der Waals surface area contributed by atoms with Crippen molar-refractivity contribution in [3.63, 3.8) is 0 Å². The first kappa shape index (κ1) is 39.5. The Morgan fingerprint density at radius 1 is 0.873 bits per heavy atom. The van der Waals surface area contributed by atoms with Gasteiger partial charge < -0.3 is 41.6 Å². The fraction of sp³-hybridized carbons (Fsp3) is 0.512. The third kappa shape index (κ3) is 9.53. The summed E-state index contributed by atoms with van der Waals surface area (Å²) in [5.74, 6) is -3.29. The summed E-state index contributed by atoms with van der Waals surface area (Å²) >= 11 is 0. The number of aromatic nitrogens is 1. The molecule has 6 atom stereocenters. The van der Waals surface area contributed by atoms with E-state index in [0.717, 1.165) is 27.6 Å². The van der Waals surface area contributed by atoms with Crippen molar-refractivity contribution in [1.29, 1.82) is 0 Å². The summed E-state index contributed by atoms with van der Waals surface area (Å²) in [5.41, 5.74) is 3.81. The third-order valence-corrected chi connectivity index (χ3v) is 10.9. The van der Waals surface area contributed by atoms with Crippen molar-refractivity contribution in [3.8, 4) is 0 Å². The Morgan fingerprint density at radius 2 is 1.56 bits per heavy atom. The molecule has 55 heavy (non-hydrogen) atoms. The molecule has 7 N–H and O–H groups in total. The molecule has 0 unspecified atom stereocenters. The van der Waals surface area contributed by atoms with Crippen LogP contribution in [0.15, 0.2) is 54.7 Å². The number of nitrogens with one attached hydrogen (secondary N) is 6. The van der Waals surface area contributed by atoms with E-state index in [4.69, 9.17) is 0 Å². The second kappa shape index (κ2) is 17.5. The highest BCUT2D eigenvalue weighted by Crippen LogP contribution is 2.27. The molecule has 14 heteroatoms. The number of aliphatic hydroxyl groups is 1. The maximum atomic E-state index is 14.2. The number of aliphatic hydroxyl groups excluding tert-OH is 1. The van der Waals surface area contributed by atoms with Gasteiger partial charge in [0.1, 0.15) is 30.2 Å². The van der Waals surface area contributed by atoms with E-state index in [-0.39, 0.29) is 56.5 Å². The van der Waals surface area contributed by atoms with E-state index in [0.29, 0.717) is 25.7 Å². The highest BCUT2D eigenvalue weighted by molar-refractivity contribution is 5.97. The highest BCUT2D eigenvalue weighted by Gasteiger charge is 2.42. The van der Waals surface area contributed by atoms with Crippen LogP contribution in [0.3, 0.4) is 0 Å². The number of hydrogen-bond acceptors (Lipinski definition) is 7. The minimum absolute atomic E-state index is 0.0232. The topological polar surface area (TPSA) is 202 Å². The molecule has 0 saturated carbocycles. The average Bonchev–Trinajstić information content (AvgIpc) is 3.89. The monoisotopic (exact) mass is 755 g/mol. The second-order valence-corrected chi connectivity index (χ2v) is 15.7. The molecule has 3 heterocycles. The van der Waals surface area contributed by atoms with Crippen molar-refractivity contribution in [2.24, 2.45) is 11.8 Å². The molecule has 3 aromatic rings. The summed E-state index contributed by atoms with van der Waals surface area (Å²) < 4.78 is 0. The Bertz CT molecular complexity index is 1880. The van der Waals surface area contributed by atoms with E-state index < -0.39 is 65.8 Å². The Kier molecular flexibility index (Phi) is 12.5. The molecular weight excluding hydrogens is 702 g/mol. The summed E-state index contributed by atoms with van der Waals surface area (Å²) in [5, 5.41) is 25.7. The van der Waals surface area contributed by atoms with E-state index >= 15 is 0 Å². The second-order valence-electron chi connectivity index (χ2n) is 15.7. The van der Waals surface area contributed by atoms with Crippen LogP contribution in [-0.4, -0.2) is 99.8 Å². The molecule has 2 fully saturated rings. The van der Waals surface area contributed by atoms with Crippen molar-refractivity contribution in [3.05, 3.63) is 71.4 Å². The van der Waals surface area contributed by atoms with Crippen LogP contribution in [0.4, 0.5) is 0 Å². The van der Waals surface area contributed by atoms with Gasteiger partial charge in [0, 0.05) is 48.9 Å². The molecule has 2 aromatic carbocycles. The largest absolute Gasteiger partial charge is 0.391 e. The molecule has 1 aromatic heterocycles. The maximum absolute atomic E-state index is 14.2. The summed E-state index contributed by atoms with van der Waals surface area (Å²) in [6.45, 7) is 5.52. The van der Waals surface area contributed by atoms with Crippen molar-refractivity contribution in [2.45, 2.75) is 108 Å². The molecule has 6 rings (SSSR count). The fourth-order valence-corrected chi connectivity index (χ4v) is 7.98. The van der Waals surface area contributed by atoms with Crippen molar-refractivity contribution < 1.29 is 33.9 Å². The smallest absolute Gasteiger partial charge is 0.245 e. The number of para-hydroxylation sites is 1. The van der Waals surface area contributed by atoms with E-state index in [9.17, 15) is 33.9 Å².